The molecule has 1 unspecified atom stereocenters. The van der Waals surface area contributed by atoms with Crippen molar-refractivity contribution in [3.63, 3.8) is 0 Å². The van der Waals surface area contributed by atoms with Crippen molar-refractivity contribution in [2.24, 2.45) is 4.99 Å². The first-order chi connectivity index (χ1) is 13.3. The molecule has 8 heteroatoms. The Morgan fingerprint density at radius 3 is 2.61 bits per heavy atom. The van der Waals surface area contributed by atoms with Gasteiger partial charge in [-0.1, -0.05) is 17.7 Å². The van der Waals surface area contributed by atoms with Crippen LogP contribution < -0.4 is 0 Å². The second kappa shape index (κ2) is 6.20. The van der Waals surface area contributed by atoms with E-state index in [1.807, 2.05) is 4.90 Å². The summed E-state index contributed by atoms with van der Waals surface area (Å²) in [6, 6.07) is 5.47. The zero-order valence-corrected chi connectivity index (χ0v) is 16.4. The van der Waals surface area contributed by atoms with Crippen LogP contribution in [0.1, 0.15) is 46.1 Å². The van der Waals surface area contributed by atoms with Gasteiger partial charge in [0.1, 0.15) is 17.1 Å². The molecule has 1 fully saturated rings. The molecule has 0 N–H and O–H groups in total. The number of nitrogens with zero attached hydrogens (tertiary/aromatic N) is 2. The minimum atomic E-state index is -4.51. The number of amidine groups is 1. The predicted octanol–water partition coefficient (Wildman–Crippen LogP) is 6.04. The number of aliphatic imine (C=N–C) groups is 1. The fourth-order valence-electron chi connectivity index (χ4n) is 4.10. The Kier molecular flexibility index (Phi) is 4.08. The van der Waals surface area contributed by atoms with Crippen LogP contribution in [-0.4, -0.2) is 23.5 Å². The molecule has 2 aromatic rings. The van der Waals surface area contributed by atoms with E-state index in [0.717, 1.165) is 12.1 Å². The van der Waals surface area contributed by atoms with Gasteiger partial charge in [-0.2, -0.15) is 13.2 Å². The highest BCUT2D eigenvalue weighted by Gasteiger charge is 2.59. The van der Waals surface area contributed by atoms with Gasteiger partial charge in [-0.25, -0.2) is 4.39 Å². The largest absolute Gasteiger partial charge is 0.400 e. The monoisotopic (exact) mass is 428 g/mol. The summed E-state index contributed by atoms with van der Waals surface area (Å²) in [5, 5.41) is -0.300. The number of alkyl halides is 3. The van der Waals surface area contributed by atoms with Crippen LogP contribution in [0.25, 0.3) is 0 Å². The standard InChI is InChI=1S/C20H17ClF4N2S/c21-14-6-13(3-4-15(14)22)19(20(23,24)25)7-18(26-10-19)27-8-12-5-16(11-1-2-11)28-17(12)9-27/h3-6,11H,1-2,7-10H2. The highest BCUT2D eigenvalue weighted by molar-refractivity contribution is 7.12. The minimum absolute atomic E-state index is 0.0323. The highest BCUT2D eigenvalue weighted by Crippen LogP contribution is 2.50. The molecule has 0 amide bonds. The van der Waals surface area contributed by atoms with E-state index in [0.29, 0.717) is 24.8 Å². The fraction of sp³-hybridized carbons (Fsp3) is 0.450. The topological polar surface area (TPSA) is 15.6 Å². The van der Waals surface area contributed by atoms with E-state index >= 15 is 0 Å². The van der Waals surface area contributed by atoms with E-state index < -0.39 is 24.0 Å². The summed E-state index contributed by atoms with van der Waals surface area (Å²) in [7, 11) is 0. The molecule has 0 bridgehead atoms. The number of benzene rings is 1. The Balaban J connectivity index is 1.40. The third-order valence-corrected chi connectivity index (χ3v) is 7.58. The summed E-state index contributed by atoms with van der Waals surface area (Å²) in [6.45, 7) is 0.824. The lowest BCUT2D eigenvalue weighted by atomic mass is 9.78. The van der Waals surface area contributed by atoms with Crippen molar-refractivity contribution in [2.75, 3.05) is 6.54 Å². The van der Waals surface area contributed by atoms with Crippen LogP contribution in [0.5, 0.6) is 0 Å². The quantitative estimate of drug-likeness (QED) is 0.533. The van der Waals surface area contributed by atoms with Crippen molar-refractivity contribution >= 4 is 28.8 Å². The maximum Gasteiger partial charge on any atom is 0.400 e. The highest BCUT2D eigenvalue weighted by atomic mass is 35.5. The Morgan fingerprint density at radius 1 is 1.18 bits per heavy atom. The lowest BCUT2D eigenvalue weighted by Gasteiger charge is -2.32. The molecule has 1 aromatic carbocycles. The Hall–Kier alpha value is -1.60. The molecule has 2 aliphatic heterocycles. The van der Waals surface area contributed by atoms with Crippen LogP contribution in [0, 0.1) is 5.82 Å². The smallest absolute Gasteiger partial charge is 0.351 e. The molecule has 1 aliphatic carbocycles. The van der Waals surface area contributed by atoms with E-state index in [1.54, 1.807) is 11.3 Å². The van der Waals surface area contributed by atoms with Gasteiger partial charge in [-0.3, -0.25) is 4.99 Å². The second-order valence-corrected chi connectivity index (χ2v) is 9.42. The van der Waals surface area contributed by atoms with Crippen LogP contribution in [0.3, 0.4) is 0 Å². The Bertz CT molecular complexity index is 956. The van der Waals surface area contributed by atoms with Crippen LogP contribution >= 0.6 is 22.9 Å². The van der Waals surface area contributed by atoms with Gasteiger partial charge in [0.25, 0.3) is 0 Å². The fourth-order valence-corrected chi connectivity index (χ4v) is 5.65. The van der Waals surface area contributed by atoms with Crippen molar-refractivity contribution in [1.29, 1.82) is 0 Å². The molecule has 1 saturated carbocycles. The summed E-state index contributed by atoms with van der Waals surface area (Å²) in [4.78, 5) is 8.87. The average molecular weight is 429 g/mol. The van der Waals surface area contributed by atoms with Gasteiger partial charge in [0.2, 0.25) is 0 Å². The SMILES string of the molecule is Fc1ccc(C2(C(F)(F)F)CN=C(N3Cc4cc(C5CC5)sc4C3)C2)cc1Cl. The first-order valence-corrected chi connectivity index (χ1v) is 10.4. The molecule has 2 nitrogen and oxygen atoms in total. The van der Waals surface area contributed by atoms with Gasteiger partial charge >= 0.3 is 6.18 Å². The number of halogens is 5. The van der Waals surface area contributed by atoms with Gasteiger partial charge in [0.05, 0.1) is 18.1 Å². The maximum atomic E-state index is 14.1. The summed E-state index contributed by atoms with van der Waals surface area (Å²) in [5.41, 5.74) is -0.978. The molecule has 1 atom stereocenters. The van der Waals surface area contributed by atoms with Crippen molar-refractivity contribution in [1.82, 2.24) is 4.90 Å². The van der Waals surface area contributed by atoms with Crippen LogP contribution in [-0.2, 0) is 18.5 Å². The number of fused-ring (bicyclic) bond motifs is 1. The van der Waals surface area contributed by atoms with Crippen molar-refractivity contribution in [3.05, 3.63) is 56.0 Å². The molecule has 28 heavy (non-hydrogen) atoms. The molecule has 1 aromatic heterocycles. The third kappa shape index (κ3) is 2.86. The van der Waals surface area contributed by atoms with Gasteiger partial charge in [-0.05, 0) is 48.1 Å². The molecule has 0 spiro atoms. The van der Waals surface area contributed by atoms with Crippen molar-refractivity contribution in [2.45, 2.75) is 49.9 Å². The van der Waals surface area contributed by atoms with Crippen LogP contribution in [0.4, 0.5) is 17.6 Å². The van der Waals surface area contributed by atoms with Crippen LogP contribution in [0.2, 0.25) is 5.02 Å². The second-order valence-electron chi connectivity index (χ2n) is 7.85. The van der Waals surface area contributed by atoms with Crippen molar-refractivity contribution < 1.29 is 17.6 Å². The lowest BCUT2D eigenvalue weighted by molar-refractivity contribution is -0.184. The summed E-state index contributed by atoms with van der Waals surface area (Å²) < 4.78 is 55.8. The van der Waals surface area contributed by atoms with E-state index in [1.165, 1.54) is 34.2 Å². The molecule has 3 aliphatic rings. The zero-order chi connectivity index (χ0) is 19.7. The van der Waals surface area contributed by atoms with E-state index in [9.17, 15) is 17.6 Å². The predicted molar refractivity (Wildman–Crippen MR) is 102 cm³/mol. The first kappa shape index (κ1) is 18.4. The number of hydrogen-bond donors (Lipinski definition) is 0. The first-order valence-electron chi connectivity index (χ1n) is 9.19. The van der Waals surface area contributed by atoms with Crippen LogP contribution in [0.15, 0.2) is 29.3 Å². The number of hydrogen-bond acceptors (Lipinski definition) is 3. The van der Waals surface area contributed by atoms with Gasteiger partial charge in [0.15, 0.2) is 0 Å². The zero-order valence-electron chi connectivity index (χ0n) is 14.8. The molecular formula is C20H17ClF4N2S. The Labute approximate surface area is 168 Å². The Morgan fingerprint density at radius 2 is 1.96 bits per heavy atom. The molecule has 0 radical (unpaired) electrons. The van der Waals surface area contributed by atoms with E-state index in [2.05, 4.69) is 11.1 Å². The van der Waals surface area contributed by atoms with Gasteiger partial charge in [0, 0.05) is 22.7 Å². The summed E-state index contributed by atoms with van der Waals surface area (Å²) >= 11 is 7.55. The molecule has 0 saturated heterocycles. The minimum Gasteiger partial charge on any atom is -0.351 e. The maximum absolute atomic E-state index is 14.1. The lowest BCUT2D eigenvalue weighted by Crippen LogP contribution is -2.44. The summed E-state index contributed by atoms with van der Waals surface area (Å²) in [5.74, 6) is 0.431. The van der Waals surface area contributed by atoms with Crippen molar-refractivity contribution in [3.8, 4) is 0 Å². The summed E-state index contributed by atoms with van der Waals surface area (Å²) in [6.07, 6.45) is -2.28. The normalized spacial score (nSPS) is 24.6. The third-order valence-electron chi connectivity index (χ3n) is 5.96. The van der Waals surface area contributed by atoms with E-state index in [4.69, 9.17) is 11.6 Å². The average Bonchev–Trinajstić information content (AvgIpc) is 3.07. The van der Waals surface area contributed by atoms with E-state index in [-0.39, 0.29) is 17.0 Å². The molecule has 148 valence electrons. The van der Waals surface area contributed by atoms with Gasteiger partial charge in [-0.15, -0.1) is 11.3 Å². The van der Waals surface area contributed by atoms with Gasteiger partial charge < -0.3 is 4.90 Å². The molecule has 3 heterocycles. The molecular weight excluding hydrogens is 412 g/mol. The number of thiophene rings is 1. The molecule has 5 rings (SSSR count). The number of rotatable bonds is 2.